The maximum atomic E-state index is 14.5. The summed E-state index contributed by atoms with van der Waals surface area (Å²) in [6.07, 6.45) is 2.00. The van der Waals surface area contributed by atoms with Gasteiger partial charge in [-0.1, -0.05) is 31.2 Å². The van der Waals surface area contributed by atoms with Crippen LogP contribution in [-0.2, 0) is 13.1 Å². The van der Waals surface area contributed by atoms with E-state index < -0.39 is 17.8 Å². The molecule has 0 saturated heterocycles. The number of aromatic nitrogens is 2. The van der Waals surface area contributed by atoms with E-state index in [2.05, 4.69) is 0 Å². The molecule has 0 aliphatic carbocycles. The third kappa shape index (κ3) is 3.93. The predicted octanol–water partition coefficient (Wildman–Crippen LogP) is 4.94. The average molecular weight is 433 g/mol. The molecule has 0 radical (unpaired) electrons. The van der Waals surface area contributed by atoms with Gasteiger partial charge in [-0.2, -0.15) is 0 Å². The van der Waals surface area contributed by atoms with Crippen molar-refractivity contribution in [2.75, 3.05) is 0 Å². The summed E-state index contributed by atoms with van der Waals surface area (Å²) in [4.78, 5) is 33.0. The molecule has 0 aliphatic rings. The van der Waals surface area contributed by atoms with Crippen LogP contribution in [0.3, 0.4) is 0 Å². The first-order valence-electron chi connectivity index (χ1n) is 10.6. The molecule has 0 bridgehead atoms. The Morgan fingerprint density at radius 3 is 2.53 bits per heavy atom. The van der Waals surface area contributed by atoms with Crippen molar-refractivity contribution in [1.82, 2.24) is 14.5 Å². The van der Waals surface area contributed by atoms with Gasteiger partial charge in [-0.3, -0.25) is 14.2 Å². The van der Waals surface area contributed by atoms with Gasteiger partial charge >= 0.3 is 0 Å². The second kappa shape index (κ2) is 9.18. The number of benzene rings is 2. The lowest BCUT2D eigenvalue weighted by Gasteiger charge is -2.32. The van der Waals surface area contributed by atoms with Crippen LogP contribution in [0.5, 0.6) is 0 Å². The van der Waals surface area contributed by atoms with Crippen molar-refractivity contribution < 1.29 is 13.6 Å². The standard InChI is InChI=1S/C25H24FN3O3/c1-3-22(23-27-21-14-8-6-12-19(21)25(31)28(23)4-2)29(16-17-10-9-15-32-17)24(30)18-11-5-7-13-20(18)26/h5-15,22H,3-4,16H2,1-2H3. The minimum absolute atomic E-state index is 0.0382. The van der Waals surface area contributed by atoms with Crippen molar-refractivity contribution in [1.29, 1.82) is 0 Å². The summed E-state index contributed by atoms with van der Waals surface area (Å²) in [5.74, 6) is -0.0677. The van der Waals surface area contributed by atoms with Gasteiger partial charge in [0.25, 0.3) is 11.5 Å². The highest BCUT2D eigenvalue weighted by Crippen LogP contribution is 2.28. The summed E-state index contributed by atoms with van der Waals surface area (Å²) in [5.41, 5.74) is 0.360. The Labute approximate surface area is 184 Å². The van der Waals surface area contributed by atoms with E-state index in [9.17, 15) is 14.0 Å². The summed E-state index contributed by atoms with van der Waals surface area (Å²) >= 11 is 0. The number of nitrogens with zero attached hydrogens (tertiary/aromatic N) is 3. The number of para-hydroxylation sites is 1. The van der Waals surface area contributed by atoms with Crippen molar-refractivity contribution in [3.8, 4) is 0 Å². The lowest BCUT2D eigenvalue weighted by molar-refractivity contribution is 0.0616. The summed E-state index contributed by atoms with van der Waals surface area (Å²) in [6, 6.07) is 16.0. The Morgan fingerprint density at radius 1 is 1.09 bits per heavy atom. The maximum absolute atomic E-state index is 14.5. The zero-order valence-corrected chi connectivity index (χ0v) is 18.0. The molecular formula is C25H24FN3O3. The molecule has 6 nitrogen and oxygen atoms in total. The van der Waals surface area contributed by atoms with Gasteiger partial charge in [-0.25, -0.2) is 9.37 Å². The molecule has 0 aliphatic heterocycles. The van der Waals surface area contributed by atoms with E-state index in [0.717, 1.165) is 0 Å². The molecule has 0 saturated carbocycles. The second-order valence-corrected chi connectivity index (χ2v) is 7.45. The van der Waals surface area contributed by atoms with Gasteiger partial charge in [0.2, 0.25) is 0 Å². The molecule has 0 fully saturated rings. The summed E-state index contributed by atoms with van der Waals surface area (Å²) < 4.78 is 21.6. The number of halogens is 1. The highest BCUT2D eigenvalue weighted by molar-refractivity contribution is 5.94. The van der Waals surface area contributed by atoms with Crippen LogP contribution >= 0.6 is 0 Å². The molecular weight excluding hydrogens is 409 g/mol. The minimum Gasteiger partial charge on any atom is -0.467 e. The molecule has 0 N–H and O–H groups in total. The van der Waals surface area contributed by atoms with Crippen molar-refractivity contribution in [3.05, 3.63) is 100 Å². The van der Waals surface area contributed by atoms with Crippen molar-refractivity contribution in [2.45, 2.75) is 39.4 Å². The first-order valence-corrected chi connectivity index (χ1v) is 10.6. The normalized spacial score (nSPS) is 12.1. The molecule has 0 spiro atoms. The lowest BCUT2D eigenvalue weighted by atomic mass is 10.1. The third-order valence-corrected chi connectivity index (χ3v) is 5.54. The van der Waals surface area contributed by atoms with E-state index >= 15 is 0 Å². The van der Waals surface area contributed by atoms with Crippen LogP contribution in [0.2, 0.25) is 0 Å². The fourth-order valence-electron chi connectivity index (χ4n) is 3.97. The lowest BCUT2D eigenvalue weighted by Crippen LogP contribution is -2.38. The van der Waals surface area contributed by atoms with Crippen LogP contribution in [-0.4, -0.2) is 20.4 Å². The fourth-order valence-corrected chi connectivity index (χ4v) is 3.97. The van der Waals surface area contributed by atoms with E-state index in [4.69, 9.17) is 9.40 Å². The van der Waals surface area contributed by atoms with Gasteiger partial charge in [0, 0.05) is 6.54 Å². The smallest absolute Gasteiger partial charge is 0.261 e. The Balaban J connectivity index is 1.88. The van der Waals surface area contributed by atoms with Crippen LogP contribution in [0.25, 0.3) is 10.9 Å². The molecule has 32 heavy (non-hydrogen) atoms. The monoisotopic (exact) mass is 433 g/mol. The van der Waals surface area contributed by atoms with E-state index in [1.165, 1.54) is 23.3 Å². The van der Waals surface area contributed by atoms with E-state index in [0.29, 0.717) is 35.5 Å². The number of carbonyl (C=O) groups excluding carboxylic acids is 1. The van der Waals surface area contributed by atoms with E-state index in [1.54, 1.807) is 47.0 Å². The fraction of sp³-hybridized carbons (Fsp3) is 0.240. The first kappa shape index (κ1) is 21.5. The summed E-state index contributed by atoms with van der Waals surface area (Å²) in [5, 5.41) is 0.519. The van der Waals surface area contributed by atoms with Gasteiger partial charge < -0.3 is 9.32 Å². The van der Waals surface area contributed by atoms with Gasteiger partial charge in [-0.05, 0) is 49.7 Å². The quantitative estimate of drug-likeness (QED) is 0.414. The number of amides is 1. The molecule has 1 amide bonds. The largest absolute Gasteiger partial charge is 0.467 e. The molecule has 2 aromatic carbocycles. The van der Waals surface area contributed by atoms with Crippen LogP contribution in [0.15, 0.2) is 76.1 Å². The van der Waals surface area contributed by atoms with Gasteiger partial charge in [0.15, 0.2) is 0 Å². The molecule has 2 aromatic heterocycles. The van der Waals surface area contributed by atoms with Crippen LogP contribution in [0.1, 0.15) is 48.3 Å². The molecule has 2 heterocycles. The average Bonchev–Trinajstić information content (AvgIpc) is 3.32. The molecule has 4 rings (SSSR count). The maximum Gasteiger partial charge on any atom is 0.261 e. The van der Waals surface area contributed by atoms with E-state index in [-0.39, 0.29) is 17.7 Å². The molecule has 164 valence electrons. The van der Waals surface area contributed by atoms with Crippen LogP contribution < -0.4 is 5.56 Å². The Kier molecular flexibility index (Phi) is 6.16. The van der Waals surface area contributed by atoms with Crippen LogP contribution in [0.4, 0.5) is 4.39 Å². The van der Waals surface area contributed by atoms with Gasteiger partial charge in [0.05, 0.1) is 35.3 Å². The van der Waals surface area contributed by atoms with E-state index in [1.807, 2.05) is 19.9 Å². The number of furan rings is 1. The Hall–Kier alpha value is -3.74. The van der Waals surface area contributed by atoms with Crippen molar-refractivity contribution in [3.63, 3.8) is 0 Å². The SMILES string of the molecule is CCC(c1nc2ccccc2c(=O)n1CC)N(Cc1ccco1)C(=O)c1ccccc1F. The predicted molar refractivity (Wildman–Crippen MR) is 120 cm³/mol. The van der Waals surface area contributed by atoms with Crippen molar-refractivity contribution >= 4 is 16.8 Å². The number of hydrogen-bond donors (Lipinski definition) is 0. The molecule has 4 aromatic rings. The summed E-state index contributed by atoms with van der Waals surface area (Å²) in [7, 11) is 0. The molecule has 1 unspecified atom stereocenters. The van der Waals surface area contributed by atoms with Gasteiger partial charge in [-0.15, -0.1) is 0 Å². The van der Waals surface area contributed by atoms with Gasteiger partial charge in [0.1, 0.15) is 17.4 Å². The topological polar surface area (TPSA) is 68.3 Å². The number of hydrogen-bond acceptors (Lipinski definition) is 4. The zero-order valence-electron chi connectivity index (χ0n) is 18.0. The highest BCUT2D eigenvalue weighted by atomic mass is 19.1. The molecule has 1 atom stereocenters. The summed E-state index contributed by atoms with van der Waals surface area (Å²) in [6.45, 7) is 4.29. The molecule has 7 heteroatoms. The number of fused-ring (bicyclic) bond motifs is 1. The Bertz CT molecular complexity index is 1300. The second-order valence-electron chi connectivity index (χ2n) is 7.45. The third-order valence-electron chi connectivity index (χ3n) is 5.54. The number of carbonyl (C=O) groups is 1. The van der Waals surface area contributed by atoms with Crippen LogP contribution in [0, 0.1) is 5.82 Å². The Morgan fingerprint density at radius 2 is 1.84 bits per heavy atom. The zero-order chi connectivity index (χ0) is 22.7. The minimum atomic E-state index is -0.601. The highest BCUT2D eigenvalue weighted by Gasteiger charge is 2.31. The van der Waals surface area contributed by atoms with Crippen molar-refractivity contribution in [2.24, 2.45) is 0 Å². The first-order chi connectivity index (χ1) is 15.5. The number of rotatable bonds is 7.